The molecule has 1 unspecified atom stereocenters. The third-order valence-electron chi connectivity index (χ3n) is 4.85. The van der Waals surface area contributed by atoms with E-state index in [1.54, 1.807) is 6.20 Å². The van der Waals surface area contributed by atoms with Gasteiger partial charge >= 0.3 is 0 Å². The van der Waals surface area contributed by atoms with Crippen LogP contribution in [-0.2, 0) is 16.1 Å². The first-order chi connectivity index (χ1) is 12.6. The van der Waals surface area contributed by atoms with Crippen LogP contribution in [0.15, 0.2) is 42.6 Å². The minimum Gasteiger partial charge on any atom is -0.370 e. The molecule has 0 N–H and O–H groups in total. The molecule has 1 amide bonds. The second-order valence-electron chi connectivity index (χ2n) is 6.66. The highest BCUT2D eigenvalue weighted by Gasteiger charge is 2.26. The van der Waals surface area contributed by atoms with Crippen molar-refractivity contribution in [2.45, 2.75) is 26.5 Å². The van der Waals surface area contributed by atoms with E-state index >= 15 is 0 Å². The summed E-state index contributed by atoms with van der Waals surface area (Å²) in [6.07, 6.45) is 1.69. The maximum atomic E-state index is 12.9. The average molecular weight is 350 g/mol. The summed E-state index contributed by atoms with van der Waals surface area (Å²) in [4.78, 5) is 23.6. The van der Waals surface area contributed by atoms with Crippen LogP contribution in [0, 0.1) is 13.8 Å². The van der Waals surface area contributed by atoms with Crippen molar-refractivity contribution in [2.24, 2.45) is 0 Å². The molecule has 0 aliphatic carbocycles. The molecule has 0 bridgehead atoms. The van der Waals surface area contributed by atoms with E-state index in [4.69, 9.17) is 4.74 Å². The Labute approximate surface area is 152 Å². The fraction of sp³-hybridized carbons (Fsp3) is 0.350. The number of benzene rings is 1. The standard InChI is InChI=1S/C20H22N4O2/c1-14-11-16(7-8-21-14)19-12-23(9-10-26-19)20(25)13-24-15(2)22-17-5-3-4-6-18(17)24/h3-8,11,19H,9-10,12-13H2,1-2H3. The van der Waals surface area contributed by atoms with Crippen molar-refractivity contribution in [1.82, 2.24) is 19.4 Å². The lowest BCUT2D eigenvalue weighted by Gasteiger charge is -2.33. The highest BCUT2D eigenvalue weighted by Crippen LogP contribution is 2.23. The fourth-order valence-corrected chi connectivity index (χ4v) is 3.48. The minimum atomic E-state index is -0.102. The molecule has 134 valence electrons. The summed E-state index contributed by atoms with van der Waals surface area (Å²) in [7, 11) is 0. The summed E-state index contributed by atoms with van der Waals surface area (Å²) in [5.74, 6) is 0.949. The number of ether oxygens (including phenoxy) is 1. The number of para-hydroxylation sites is 2. The Morgan fingerprint density at radius 3 is 2.96 bits per heavy atom. The summed E-state index contributed by atoms with van der Waals surface area (Å²) in [6, 6.07) is 11.9. The lowest BCUT2D eigenvalue weighted by atomic mass is 10.1. The zero-order chi connectivity index (χ0) is 18.1. The topological polar surface area (TPSA) is 60.2 Å². The normalized spacial score (nSPS) is 17.6. The largest absolute Gasteiger partial charge is 0.370 e. The van der Waals surface area contributed by atoms with Gasteiger partial charge in [0.2, 0.25) is 5.91 Å². The number of aromatic nitrogens is 3. The van der Waals surface area contributed by atoms with Crippen LogP contribution in [0.1, 0.15) is 23.2 Å². The van der Waals surface area contributed by atoms with Gasteiger partial charge in [-0.2, -0.15) is 0 Å². The van der Waals surface area contributed by atoms with Crippen molar-refractivity contribution in [1.29, 1.82) is 0 Å². The molecule has 1 atom stereocenters. The van der Waals surface area contributed by atoms with E-state index in [9.17, 15) is 4.79 Å². The van der Waals surface area contributed by atoms with Gasteiger partial charge in [-0.25, -0.2) is 4.98 Å². The number of rotatable bonds is 3. The van der Waals surface area contributed by atoms with Crippen molar-refractivity contribution in [2.75, 3.05) is 19.7 Å². The maximum absolute atomic E-state index is 12.9. The SMILES string of the molecule is Cc1cc(C2CN(C(=O)Cn3c(C)nc4ccccc43)CCO2)ccn1. The van der Waals surface area contributed by atoms with Gasteiger partial charge in [-0.1, -0.05) is 12.1 Å². The molecule has 1 aliphatic heterocycles. The molecule has 1 aliphatic rings. The number of nitrogens with zero attached hydrogens (tertiary/aromatic N) is 4. The smallest absolute Gasteiger partial charge is 0.242 e. The number of carbonyl (C=O) groups excluding carboxylic acids is 1. The lowest BCUT2D eigenvalue weighted by molar-refractivity contribution is -0.139. The minimum absolute atomic E-state index is 0.0929. The predicted molar refractivity (Wildman–Crippen MR) is 98.7 cm³/mol. The first kappa shape index (κ1) is 16.7. The Hall–Kier alpha value is -2.73. The van der Waals surface area contributed by atoms with Crippen molar-refractivity contribution in [3.8, 4) is 0 Å². The molecular weight excluding hydrogens is 328 g/mol. The van der Waals surface area contributed by atoms with Crippen LogP contribution < -0.4 is 0 Å². The van der Waals surface area contributed by atoms with E-state index < -0.39 is 0 Å². The number of fused-ring (bicyclic) bond motifs is 1. The van der Waals surface area contributed by atoms with E-state index in [1.165, 1.54) is 0 Å². The predicted octanol–water partition coefficient (Wildman–Crippen LogP) is 2.65. The summed E-state index contributed by atoms with van der Waals surface area (Å²) >= 11 is 0. The van der Waals surface area contributed by atoms with Gasteiger partial charge in [-0.3, -0.25) is 9.78 Å². The molecule has 6 nitrogen and oxygen atoms in total. The van der Waals surface area contributed by atoms with E-state index in [0.29, 0.717) is 26.2 Å². The van der Waals surface area contributed by atoms with Gasteiger partial charge in [0.1, 0.15) is 18.5 Å². The van der Waals surface area contributed by atoms with Crippen molar-refractivity contribution in [3.63, 3.8) is 0 Å². The van der Waals surface area contributed by atoms with Crippen LogP contribution in [0.3, 0.4) is 0 Å². The molecule has 0 radical (unpaired) electrons. The molecule has 0 spiro atoms. The van der Waals surface area contributed by atoms with E-state index in [-0.39, 0.29) is 12.0 Å². The Bertz CT molecular complexity index is 950. The molecule has 3 aromatic rings. The Morgan fingerprint density at radius 1 is 1.27 bits per heavy atom. The molecule has 1 saturated heterocycles. The second kappa shape index (κ2) is 6.88. The van der Waals surface area contributed by atoms with Crippen molar-refractivity contribution >= 4 is 16.9 Å². The van der Waals surface area contributed by atoms with Gasteiger partial charge in [-0.15, -0.1) is 0 Å². The van der Waals surface area contributed by atoms with E-state index in [0.717, 1.165) is 28.1 Å². The number of hydrogen-bond acceptors (Lipinski definition) is 4. The summed E-state index contributed by atoms with van der Waals surface area (Å²) in [5, 5.41) is 0. The third kappa shape index (κ3) is 3.20. The quantitative estimate of drug-likeness (QED) is 0.729. The van der Waals surface area contributed by atoms with Crippen LogP contribution in [0.4, 0.5) is 0 Å². The average Bonchev–Trinajstić information content (AvgIpc) is 2.97. The number of morpholine rings is 1. The molecule has 1 aromatic carbocycles. The highest BCUT2D eigenvalue weighted by molar-refractivity contribution is 5.81. The van der Waals surface area contributed by atoms with Gasteiger partial charge in [0.15, 0.2) is 0 Å². The number of aryl methyl sites for hydroxylation is 2. The number of pyridine rings is 1. The summed E-state index contributed by atoms with van der Waals surface area (Å²) < 4.78 is 7.87. The summed E-state index contributed by atoms with van der Waals surface area (Å²) in [5.41, 5.74) is 3.94. The zero-order valence-electron chi connectivity index (χ0n) is 15.1. The lowest BCUT2D eigenvalue weighted by Crippen LogP contribution is -2.43. The third-order valence-corrected chi connectivity index (χ3v) is 4.85. The van der Waals surface area contributed by atoms with Gasteiger partial charge in [0.25, 0.3) is 0 Å². The highest BCUT2D eigenvalue weighted by atomic mass is 16.5. The number of amides is 1. The van der Waals surface area contributed by atoms with Gasteiger partial charge in [-0.05, 0) is 43.7 Å². The first-order valence-electron chi connectivity index (χ1n) is 8.85. The first-order valence-corrected chi connectivity index (χ1v) is 8.85. The summed E-state index contributed by atoms with van der Waals surface area (Å²) in [6.45, 7) is 5.92. The molecule has 6 heteroatoms. The Morgan fingerprint density at radius 2 is 2.12 bits per heavy atom. The molecule has 3 heterocycles. The number of imidazole rings is 1. The monoisotopic (exact) mass is 350 g/mol. The molecular formula is C20H22N4O2. The molecule has 4 rings (SSSR count). The van der Waals surface area contributed by atoms with E-state index in [1.807, 2.05) is 59.7 Å². The molecule has 1 fully saturated rings. The molecule has 26 heavy (non-hydrogen) atoms. The van der Waals surface area contributed by atoms with Crippen LogP contribution in [0.25, 0.3) is 11.0 Å². The Balaban J connectivity index is 1.51. The van der Waals surface area contributed by atoms with E-state index in [2.05, 4.69) is 9.97 Å². The van der Waals surface area contributed by atoms with Gasteiger partial charge < -0.3 is 14.2 Å². The van der Waals surface area contributed by atoms with Gasteiger partial charge in [0, 0.05) is 18.4 Å². The Kier molecular flexibility index (Phi) is 4.42. The molecule has 0 saturated carbocycles. The van der Waals surface area contributed by atoms with Crippen LogP contribution in [-0.4, -0.2) is 45.0 Å². The second-order valence-corrected chi connectivity index (χ2v) is 6.66. The molecule has 2 aromatic heterocycles. The number of hydrogen-bond donors (Lipinski definition) is 0. The van der Waals surface area contributed by atoms with Crippen LogP contribution in [0.5, 0.6) is 0 Å². The van der Waals surface area contributed by atoms with Crippen LogP contribution in [0.2, 0.25) is 0 Å². The van der Waals surface area contributed by atoms with Crippen LogP contribution >= 0.6 is 0 Å². The fourth-order valence-electron chi connectivity index (χ4n) is 3.48. The maximum Gasteiger partial charge on any atom is 0.242 e. The van der Waals surface area contributed by atoms with Gasteiger partial charge in [0.05, 0.1) is 24.2 Å². The zero-order valence-corrected chi connectivity index (χ0v) is 15.1. The number of carbonyl (C=O) groups is 1. The van der Waals surface area contributed by atoms with Crippen molar-refractivity contribution in [3.05, 3.63) is 59.7 Å². The van der Waals surface area contributed by atoms with Crippen molar-refractivity contribution < 1.29 is 9.53 Å².